The summed E-state index contributed by atoms with van der Waals surface area (Å²) in [5, 5.41) is 3.10. The van der Waals surface area contributed by atoms with Gasteiger partial charge in [-0.1, -0.05) is 30.3 Å². The Morgan fingerprint density at radius 2 is 2.06 bits per heavy atom. The minimum atomic E-state index is -0.141. The summed E-state index contributed by atoms with van der Waals surface area (Å²) in [6.45, 7) is 0.764. The van der Waals surface area contributed by atoms with Crippen LogP contribution in [-0.2, 0) is 6.42 Å². The molecule has 4 heteroatoms. The lowest BCUT2D eigenvalue weighted by atomic mass is 10.1. The molecular weight excluding hydrogens is 202 g/mol. The van der Waals surface area contributed by atoms with E-state index in [9.17, 15) is 4.79 Å². The van der Waals surface area contributed by atoms with E-state index in [0.717, 1.165) is 13.0 Å². The van der Waals surface area contributed by atoms with Crippen molar-refractivity contribution >= 4 is 5.82 Å². The molecule has 1 aromatic carbocycles. The first-order valence-electron chi connectivity index (χ1n) is 5.17. The van der Waals surface area contributed by atoms with Crippen molar-refractivity contribution < 1.29 is 0 Å². The molecule has 0 aliphatic rings. The predicted molar refractivity (Wildman–Crippen MR) is 63.5 cm³/mol. The van der Waals surface area contributed by atoms with E-state index in [0.29, 0.717) is 5.82 Å². The molecule has 0 unspecified atom stereocenters. The first kappa shape index (κ1) is 10.4. The van der Waals surface area contributed by atoms with Gasteiger partial charge in [0.15, 0.2) is 0 Å². The minimum absolute atomic E-state index is 0.141. The molecule has 0 bridgehead atoms. The van der Waals surface area contributed by atoms with Gasteiger partial charge in [-0.25, -0.2) is 4.98 Å². The minimum Gasteiger partial charge on any atom is -0.370 e. The Morgan fingerprint density at radius 1 is 1.25 bits per heavy atom. The molecule has 0 aliphatic heterocycles. The summed E-state index contributed by atoms with van der Waals surface area (Å²) in [5.74, 6) is 0.611. The van der Waals surface area contributed by atoms with E-state index in [1.165, 1.54) is 18.0 Å². The van der Waals surface area contributed by atoms with Crippen LogP contribution in [0.4, 0.5) is 5.82 Å². The molecule has 0 amide bonds. The number of rotatable bonds is 4. The topological polar surface area (TPSA) is 57.8 Å². The van der Waals surface area contributed by atoms with Crippen LogP contribution in [0.5, 0.6) is 0 Å². The number of aromatic amines is 1. The molecule has 0 saturated heterocycles. The third-order valence-electron chi connectivity index (χ3n) is 2.24. The first-order chi connectivity index (χ1) is 7.84. The standard InChI is InChI=1S/C12H13N3O/c16-12-8-11(14-9-15-12)13-7-6-10-4-2-1-3-5-10/h1-5,8-9H,6-7H2,(H2,13,14,15,16). The number of nitrogens with one attached hydrogen (secondary N) is 2. The molecule has 2 rings (SSSR count). The fourth-order valence-corrected chi connectivity index (χ4v) is 1.44. The summed E-state index contributed by atoms with van der Waals surface area (Å²) in [7, 11) is 0. The van der Waals surface area contributed by atoms with Crippen LogP contribution in [0.25, 0.3) is 0 Å². The third-order valence-corrected chi connectivity index (χ3v) is 2.24. The van der Waals surface area contributed by atoms with Gasteiger partial charge in [0, 0.05) is 12.6 Å². The largest absolute Gasteiger partial charge is 0.370 e. The van der Waals surface area contributed by atoms with Gasteiger partial charge in [-0.2, -0.15) is 0 Å². The van der Waals surface area contributed by atoms with Crippen LogP contribution < -0.4 is 10.9 Å². The van der Waals surface area contributed by atoms with Gasteiger partial charge in [-0.05, 0) is 12.0 Å². The van der Waals surface area contributed by atoms with Gasteiger partial charge in [-0.3, -0.25) is 4.79 Å². The molecule has 2 N–H and O–H groups in total. The highest BCUT2D eigenvalue weighted by Gasteiger charge is 1.94. The Morgan fingerprint density at radius 3 is 2.81 bits per heavy atom. The lowest BCUT2D eigenvalue weighted by Gasteiger charge is -2.04. The average Bonchev–Trinajstić information content (AvgIpc) is 2.30. The van der Waals surface area contributed by atoms with Gasteiger partial charge in [-0.15, -0.1) is 0 Å². The van der Waals surface area contributed by atoms with Gasteiger partial charge >= 0.3 is 0 Å². The average molecular weight is 215 g/mol. The van der Waals surface area contributed by atoms with E-state index >= 15 is 0 Å². The Kier molecular flexibility index (Phi) is 3.33. The van der Waals surface area contributed by atoms with Gasteiger partial charge in [0.1, 0.15) is 5.82 Å². The fraction of sp³-hybridized carbons (Fsp3) is 0.167. The predicted octanol–water partition coefficient (Wildman–Crippen LogP) is 1.42. The van der Waals surface area contributed by atoms with Crippen LogP contribution in [0.1, 0.15) is 5.56 Å². The van der Waals surface area contributed by atoms with Crippen LogP contribution in [0.3, 0.4) is 0 Å². The van der Waals surface area contributed by atoms with Crippen LogP contribution in [0.2, 0.25) is 0 Å². The molecule has 0 saturated carbocycles. The zero-order valence-electron chi connectivity index (χ0n) is 8.81. The van der Waals surface area contributed by atoms with Gasteiger partial charge < -0.3 is 10.3 Å². The smallest absolute Gasteiger partial charge is 0.252 e. The number of benzene rings is 1. The van der Waals surface area contributed by atoms with Crippen LogP contribution in [0.15, 0.2) is 47.5 Å². The monoisotopic (exact) mass is 215 g/mol. The summed E-state index contributed by atoms with van der Waals surface area (Å²) >= 11 is 0. The molecule has 0 atom stereocenters. The Balaban J connectivity index is 1.87. The van der Waals surface area contributed by atoms with E-state index in [1.54, 1.807) is 0 Å². The maximum atomic E-state index is 11.0. The molecule has 1 aromatic heterocycles. The van der Waals surface area contributed by atoms with Gasteiger partial charge in [0.2, 0.25) is 0 Å². The van der Waals surface area contributed by atoms with Crippen molar-refractivity contribution in [2.45, 2.75) is 6.42 Å². The van der Waals surface area contributed by atoms with Crippen molar-refractivity contribution in [2.24, 2.45) is 0 Å². The first-order valence-corrected chi connectivity index (χ1v) is 5.17. The molecule has 0 spiro atoms. The maximum Gasteiger partial charge on any atom is 0.252 e. The van der Waals surface area contributed by atoms with Crippen LogP contribution in [-0.4, -0.2) is 16.5 Å². The highest BCUT2D eigenvalue weighted by atomic mass is 16.1. The summed E-state index contributed by atoms with van der Waals surface area (Å²) in [6.07, 6.45) is 2.31. The number of nitrogens with zero attached hydrogens (tertiary/aromatic N) is 1. The molecule has 82 valence electrons. The zero-order valence-corrected chi connectivity index (χ0v) is 8.81. The molecule has 0 fully saturated rings. The van der Waals surface area contributed by atoms with Crippen LogP contribution in [0, 0.1) is 0 Å². The van der Waals surface area contributed by atoms with E-state index in [-0.39, 0.29) is 5.56 Å². The quantitative estimate of drug-likeness (QED) is 0.811. The summed E-state index contributed by atoms with van der Waals surface area (Å²) in [6, 6.07) is 11.6. The van der Waals surface area contributed by atoms with Crippen molar-refractivity contribution in [1.82, 2.24) is 9.97 Å². The molecule has 4 nitrogen and oxygen atoms in total. The molecule has 0 aliphatic carbocycles. The lowest BCUT2D eigenvalue weighted by molar-refractivity contribution is 0.994. The fourth-order valence-electron chi connectivity index (χ4n) is 1.44. The highest BCUT2D eigenvalue weighted by molar-refractivity contribution is 5.31. The second-order valence-corrected chi connectivity index (χ2v) is 3.46. The maximum absolute atomic E-state index is 11.0. The number of hydrogen-bond acceptors (Lipinski definition) is 3. The Labute approximate surface area is 93.4 Å². The second-order valence-electron chi connectivity index (χ2n) is 3.46. The van der Waals surface area contributed by atoms with Gasteiger partial charge in [0.05, 0.1) is 6.33 Å². The van der Waals surface area contributed by atoms with E-state index in [1.807, 2.05) is 18.2 Å². The highest BCUT2D eigenvalue weighted by Crippen LogP contribution is 2.00. The summed E-state index contributed by atoms with van der Waals surface area (Å²) in [4.78, 5) is 17.5. The van der Waals surface area contributed by atoms with Crippen molar-refractivity contribution in [3.05, 3.63) is 58.6 Å². The number of anilines is 1. The van der Waals surface area contributed by atoms with Crippen molar-refractivity contribution in [2.75, 3.05) is 11.9 Å². The molecule has 2 aromatic rings. The van der Waals surface area contributed by atoms with Crippen LogP contribution >= 0.6 is 0 Å². The molecular formula is C12H13N3O. The number of hydrogen-bond donors (Lipinski definition) is 2. The third kappa shape index (κ3) is 2.95. The SMILES string of the molecule is O=c1cc(NCCc2ccccc2)nc[nH]1. The number of H-pyrrole nitrogens is 1. The lowest BCUT2D eigenvalue weighted by Crippen LogP contribution is -2.11. The van der Waals surface area contributed by atoms with Gasteiger partial charge in [0.25, 0.3) is 5.56 Å². The van der Waals surface area contributed by atoms with Crippen molar-refractivity contribution in [1.29, 1.82) is 0 Å². The Bertz CT molecular complexity index is 493. The summed E-state index contributed by atoms with van der Waals surface area (Å²) < 4.78 is 0. The Hall–Kier alpha value is -2.10. The molecule has 1 heterocycles. The van der Waals surface area contributed by atoms with E-state index < -0.39 is 0 Å². The van der Waals surface area contributed by atoms with Crippen molar-refractivity contribution in [3.8, 4) is 0 Å². The second kappa shape index (κ2) is 5.11. The normalized spacial score (nSPS) is 10.0. The molecule has 0 radical (unpaired) electrons. The molecule has 16 heavy (non-hydrogen) atoms. The number of aromatic nitrogens is 2. The zero-order chi connectivity index (χ0) is 11.2. The summed E-state index contributed by atoms with van der Waals surface area (Å²) in [5.41, 5.74) is 1.12. The van der Waals surface area contributed by atoms with E-state index in [4.69, 9.17) is 0 Å². The van der Waals surface area contributed by atoms with E-state index in [2.05, 4.69) is 27.4 Å². The van der Waals surface area contributed by atoms with Crippen molar-refractivity contribution in [3.63, 3.8) is 0 Å².